The predicted molar refractivity (Wildman–Crippen MR) is 205 cm³/mol. The van der Waals surface area contributed by atoms with E-state index < -0.39 is 6.89 Å². The molecule has 6 heteroatoms. The molecule has 2 aromatic carbocycles. The standard InChI is InChI=1S/C43H65N2P.2ClH.Ru/c1-30-26-32(3)41(33(4)27-30)44-39-24-16-17-25-40(39)45(42-34(5)28-31(2)29-35(42)6)43(44)46(36-18-10-7-11-19-36,37-20-12-8-13-21-37)38-22-14-9-15-23-38;;;/h26-29,36-40H,7-25H2,1-6H3;2*1H;/q;;;+2/p-2. The summed E-state index contributed by atoms with van der Waals surface area (Å²) in [4.78, 5) is 6.36. The Hall–Kier alpha value is -0.457. The molecule has 2 nitrogen and oxygen atoms in total. The van der Waals surface area contributed by atoms with Crippen LogP contribution < -0.4 is 34.6 Å². The van der Waals surface area contributed by atoms with Crippen molar-refractivity contribution in [3.8, 4) is 0 Å². The van der Waals surface area contributed by atoms with Crippen LogP contribution in [-0.2, 0) is 19.5 Å². The van der Waals surface area contributed by atoms with E-state index in [-0.39, 0.29) is 44.3 Å². The van der Waals surface area contributed by atoms with Gasteiger partial charge in [-0.15, -0.1) is 0 Å². The molecular weight excluding hydrogens is 747 g/mol. The van der Waals surface area contributed by atoms with E-state index in [0.29, 0.717) is 12.1 Å². The van der Waals surface area contributed by atoms with Gasteiger partial charge in [0.1, 0.15) is 5.54 Å². The molecule has 0 N–H and O–H groups in total. The summed E-state index contributed by atoms with van der Waals surface area (Å²) in [6, 6.07) is 11.3. The van der Waals surface area contributed by atoms with Crippen molar-refractivity contribution in [3.05, 3.63) is 57.6 Å². The minimum Gasteiger partial charge on any atom is -1.00 e. The van der Waals surface area contributed by atoms with Crippen molar-refractivity contribution in [2.45, 2.75) is 193 Å². The minimum atomic E-state index is -1.62. The fourth-order valence-corrected chi connectivity index (χ4v) is 19.7. The average molecular weight is 813 g/mol. The van der Waals surface area contributed by atoms with Gasteiger partial charge in [-0.3, -0.25) is 0 Å². The van der Waals surface area contributed by atoms with Gasteiger partial charge in [0, 0.05) is 11.4 Å². The quantitative estimate of drug-likeness (QED) is 0.259. The van der Waals surface area contributed by atoms with Gasteiger partial charge in [0.25, 0.3) is 0 Å². The number of hydrogen-bond acceptors (Lipinski definition) is 0. The number of rotatable bonds is 5. The maximum Gasteiger partial charge on any atom is 2.00 e. The van der Waals surface area contributed by atoms with Crippen LogP contribution in [0.4, 0.5) is 11.4 Å². The average Bonchev–Trinajstić information content (AvgIpc) is 3.37. The Morgan fingerprint density at radius 1 is 0.429 bits per heavy atom. The number of halogens is 2. The molecule has 5 fully saturated rings. The first-order valence-electron chi connectivity index (χ1n) is 19.8. The molecule has 2 aromatic rings. The maximum atomic E-state index is 3.18. The minimum absolute atomic E-state index is 0. The Balaban J connectivity index is 0.00000180. The molecule has 2 atom stereocenters. The third kappa shape index (κ3) is 7.52. The van der Waals surface area contributed by atoms with Crippen molar-refractivity contribution in [1.82, 2.24) is 0 Å². The molecule has 2 unspecified atom stereocenters. The molecule has 274 valence electrons. The second-order valence-electron chi connectivity index (χ2n) is 16.7. The van der Waals surface area contributed by atoms with Gasteiger partial charge < -0.3 is 34.6 Å². The monoisotopic (exact) mass is 812 g/mol. The van der Waals surface area contributed by atoms with Crippen LogP contribution in [0.3, 0.4) is 0 Å². The Kier molecular flexibility index (Phi) is 14.8. The summed E-state index contributed by atoms with van der Waals surface area (Å²) in [6.07, 6.45) is 27.7. The van der Waals surface area contributed by atoms with Crippen LogP contribution in [-0.4, -0.2) is 34.6 Å². The molecule has 0 spiro atoms. The molecule has 7 rings (SSSR count). The normalized spacial score (nSPS) is 24.2. The number of aryl methyl sites for hydroxylation is 6. The fraction of sp³-hybridized carbons (Fsp3) is 0.698. The molecule has 0 bridgehead atoms. The first-order valence-corrected chi connectivity index (χ1v) is 21.8. The van der Waals surface area contributed by atoms with E-state index >= 15 is 0 Å². The van der Waals surface area contributed by atoms with Crippen LogP contribution in [0.1, 0.15) is 155 Å². The molecule has 4 aliphatic carbocycles. The number of anilines is 2. The Morgan fingerprint density at radius 2 is 0.694 bits per heavy atom. The molecule has 0 aromatic heterocycles. The van der Waals surface area contributed by atoms with Crippen molar-refractivity contribution in [3.63, 3.8) is 0 Å². The van der Waals surface area contributed by atoms with Gasteiger partial charge in [-0.25, -0.2) is 0 Å². The van der Waals surface area contributed by atoms with E-state index in [0.717, 1.165) is 17.0 Å². The van der Waals surface area contributed by atoms with E-state index in [1.165, 1.54) is 155 Å². The third-order valence-corrected chi connectivity index (χ3v) is 19.7. The number of benzene rings is 2. The summed E-state index contributed by atoms with van der Waals surface area (Å²) < 4.78 is 0. The van der Waals surface area contributed by atoms with Gasteiger partial charge >= 0.3 is 19.5 Å². The molecule has 5 aliphatic rings. The van der Waals surface area contributed by atoms with Crippen LogP contribution in [0.15, 0.2) is 24.3 Å². The van der Waals surface area contributed by atoms with Gasteiger partial charge in [-0.2, -0.15) is 0 Å². The third-order valence-electron chi connectivity index (χ3n) is 13.4. The van der Waals surface area contributed by atoms with E-state index in [2.05, 4.69) is 75.6 Å². The van der Waals surface area contributed by atoms with Crippen molar-refractivity contribution in [1.29, 1.82) is 0 Å². The van der Waals surface area contributed by atoms with Crippen molar-refractivity contribution >= 4 is 23.8 Å². The van der Waals surface area contributed by atoms with Crippen molar-refractivity contribution in [2.75, 3.05) is 9.80 Å². The summed E-state index contributed by atoms with van der Waals surface area (Å²) in [6.45, 7) is 12.8. The van der Waals surface area contributed by atoms with E-state index in [1.54, 1.807) is 11.4 Å². The van der Waals surface area contributed by atoms with Crippen LogP contribution >= 0.6 is 6.89 Å². The molecule has 4 saturated carbocycles. The van der Waals surface area contributed by atoms with Crippen LogP contribution in [0.25, 0.3) is 0 Å². The second-order valence-corrected chi connectivity index (χ2v) is 20.9. The van der Waals surface area contributed by atoms with E-state index in [9.17, 15) is 0 Å². The van der Waals surface area contributed by atoms with Crippen molar-refractivity contribution in [2.24, 2.45) is 0 Å². The first-order chi connectivity index (χ1) is 22.3. The summed E-state index contributed by atoms with van der Waals surface area (Å²) in [5, 5.41) is 0. The zero-order valence-corrected chi connectivity index (χ0v) is 35.7. The first kappa shape index (κ1) is 41.3. The summed E-state index contributed by atoms with van der Waals surface area (Å²) in [5.74, 6) is 0. The maximum absolute atomic E-state index is 3.18. The van der Waals surface area contributed by atoms with Gasteiger partial charge in [-0.1, -0.05) is 113 Å². The second kappa shape index (κ2) is 17.6. The smallest absolute Gasteiger partial charge is 1.00 e. The zero-order chi connectivity index (χ0) is 32.0. The van der Waals surface area contributed by atoms with Crippen molar-refractivity contribution < 1.29 is 44.3 Å². The molecule has 0 radical (unpaired) electrons. The summed E-state index contributed by atoms with van der Waals surface area (Å²) in [5.41, 5.74) is 16.8. The van der Waals surface area contributed by atoms with Gasteiger partial charge in [0.15, 0.2) is 0 Å². The van der Waals surface area contributed by atoms with Gasteiger partial charge in [0.2, 0.25) is 0 Å². The molecule has 49 heavy (non-hydrogen) atoms. The fourth-order valence-electron chi connectivity index (χ4n) is 12.0. The largest absolute Gasteiger partial charge is 2.00 e. The number of hydrogen-bond donors (Lipinski definition) is 0. The molecule has 1 aliphatic heterocycles. The predicted octanol–water partition coefficient (Wildman–Crippen LogP) is 6.28. The Morgan fingerprint density at radius 3 is 0.980 bits per heavy atom. The van der Waals surface area contributed by atoms with E-state index in [4.69, 9.17) is 0 Å². The zero-order valence-electron chi connectivity index (χ0n) is 31.6. The SMILES string of the molecule is Cc1cc(C)c(N2C(=P(C3CCCCC3)(C3CCCCC3)C3CCCCC3)N(c3c(C)cc(C)cc3C)C3CCCCC32)c(C)c1.[Cl-].[Cl-].[Ru+2]. The van der Waals surface area contributed by atoms with Crippen LogP contribution in [0.2, 0.25) is 0 Å². The molecule has 1 saturated heterocycles. The Labute approximate surface area is 326 Å². The topological polar surface area (TPSA) is 6.48 Å². The van der Waals surface area contributed by atoms with Crippen LogP contribution in [0, 0.1) is 41.5 Å². The molecule has 1 heterocycles. The number of fused-ring (bicyclic) bond motifs is 1. The van der Waals surface area contributed by atoms with Gasteiger partial charge in [-0.05, 0) is 132 Å². The molecular formula is C43H65Cl2N2PRu. The van der Waals surface area contributed by atoms with E-state index in [1.807, 2.05) is 5.54 Å². The Bertz CT molecular complexity index is 1300. The number of nitrogens with zero attached hydrogens (tertiary/aromatic N) is 2. The molecule has 0 amide bonds. The van der Waals surface area contributed by atoms with Crippen LogP contribution in [0.5, 0.6) is 0 Å². The van der Waals surface area contributed by atoms with Gasteiger partial charge in [0.05, 0.1) is 12.1 Å². The summed E-state index contributed by atoms with van der Waals surface area (Å²) in [7, 11) is 0. The summed E-state index contributed by atoms with van der Waals surface area (Å²) >= 11 is 0.